The number of fused-ring (bicyclic) bond motifs is 3. The SMILES string of the molecule is OCCC1OCCc2c1[nH]c1c(CCBr)cccc21. The number of ether oxygens (including phenoxy) is 1. The van der Waals surface area contributed by atoms with Crippen molar-refractivity contribution < 1.29 is 9.84 Å². The van der Waals surface area contributed by atoms with Gasteiger partial charge in [0, 0.05) is 35.0 Å². The molecule has 2 N–H and O–H groups in total. The number of hydrogen-bond acceptors (Lipinski definition) is 2. The predicted octanol–water partition coefficient (Wildman–Crippen LogP) is 3.10. The summed E-state index contributed by atoms with van der Waals surface area (Å²) in [5, 5.41) is 11.4. The fourth-order valence-electron chi connectivity index (χ4n) is 2.94. The van der Waals surface area contributed by atoms with Crippen molar-refractivity contribution in [1.82, 2.24) is 4.98 Å². The van der Waals surface area contributed by atoms with Crippen LogP contribution in [0.3, 0.4) is 0 Å². The van der Waals surface area contributed by atoms with Crippen LogP contribution in [0, 0.1) is 0 Å². The number of rotatable bonds is 4. The molecule has 0 fully saturated rings. The number of aromatic amines is 1. The second-order valence-corrected chi connectivity index (χ2v) is 5.71. The van der Waals surface area contributed by atoms with Gasteiger partial charge < -0.3 is 14.8 Å². The number of aromatic nitrogens is 1. The van der Waals surface area contributed by atoms with Gasteiger partial charge in [0.2, 0.25) is 0 Å². The maximum atomic E-state index is 9.16. The molecule has 1 aliphatic heterocycles. The van der Waals surface area contributed by atoms with Crippen LogP contribution in [0.4, 0.5) is 0 Å². The van der Waals surface area contributed by atoms with Gasteiger partial charge in [0.15, 0.2) is 0 Å². The predicted molar refractivity (Wildman–Crippen MR) is 79.9 cm³/mol. The molecule has 1 atom stereocenters. The zero-order valence-electron chi connectivity index (χ0n) is 10.8. The number of H-pyrrole nitrogens is 1. The average molecular weight is 324 g/mol. The van der Waals surface area contributed by atoms with E-state index in [4.69, 9.17) is 9.84 Å². The largest absolute Gasteiger partial charge is 0.396 e. The number of halogens is 1. The summed E-state index contributed by atoms with van der Waals surface area (Å²) in [5.41, 5.74) is 5.11. The zero-order valence-corrected chi connectivity index (χ0v) is 12.4. The van der Waals surface area contributed by atoms with Gasteiger partial charge in [0.1, 0.15) is 0 Å². The van der Waals surface area contributed by atoms with Gasteiger partial charge in [-0.1, -0.05) is 34.1 Å². The molecule has 1 aliphatic rings. The number of hydrogen-bond donors (Lipinski definition) is 2. The molecule has 0 radical (unpaired) electrons. The van der Waals surface area contributed by atoms with Crippen molar-refractivity contribution in [1.29, 1.82) is 0 Å². The molecule has 0 saturated heterocycles. The molecule has 0 spiro atoms. The van der Waals surface area contributed by atoms with Crippen molar-refractivity contribution in [2.75, 3.05) is 18.5 Å². The summed E-state index contributed by atoms with van der Waals surface area (Å²) in [5.74, 6) is 0. The Bertz CT molecular complexity index is 579. The Balaban J connectivity index is 2.12. The third-order valence-electron chi connectivity index (χ3n) is 3.81. The van der Waals surface area contributed by atoms with Crippen LogP contribution in [0.2, 0.25) is 0 Å². The summed E-state index contributed by atoms with van der Waals surface area (Å²) in [6.07, 6.45) is 2.64. The minimum absolute atomic E-state index is 0.0120. The van der Waals surface area contributed by atoms with Gasteiger partial charge in [0.25, 0.3) is 0 Å². The quantitative estimate of drug-likeness (QED) is 0.849. The summed E-state index contributed by atoms with van der Waals surface area (Å²) in [4.78, 5) is 3.55. The standard InChI is InChI=1S/C15H18BrNO2/c16-7-4-10-2-1-3-11-12-6-9-19-13(5-8-18)15(12)17-14(10)11/h1-3,13,17-18H,4-9H2. The third kappa shape index (κ3) is 2.33. The Morgan fingerprint density at radius 3 is 3.11 bits per heavy atom. The van der Waals surface area contributed by atoms with Gasteiger partial charge in [-0.25, -0.2) is 0 Å². The zero-order chi connectivity index (χ0) is 13.2. The second kappa shape index (κ2) is 5.65. The summed E-state index contributed by atoms with van der Waals surface area (Å²) in [6.45, 7) is 0.904. The maximum Gasteiger partial charge on any atom is 0.0997 e. The van der Waals surface area contributed by atoms with E-state index in [1.807, 2.05) is 0 Å². The van der Waals surface area contributed by atoms with E-state index in [0.717, 1.165) is 30.5 Å². The Morgan fingerprint density at radius 1 is 1.42 bits per heavy atom. The van der Waals surface area contributed by atoms with E-state index in [1.165, 1.54) is 22.0 Å². The molecule has 0 saturated carbocycles. The first-order valence-electron chi connectivity index (χ1n) is 6.76. The van der Waals surface area contributed by atoms with Crippen LogP contribution in [0.1, 0.15) is 29.3 Å². The Kier molecular flexibility index (Phi) is 3.91. The van der Waals surface area contributed by atoms with E-state index in [-0.39, 0.29) is 12.7 Å². The van der Waals surface area contributed by atoms with Crippen molar-refractivity contribution >= 4 is 26.8 Å². The van der Waals surface area contributed by atoms with Crippen LogP contribution in [-0.4, -0.2) is 28.6 Å². The van der Waals surface area contributed by atoms with E-state index >= 15 is 0 Å². The van der Waals surface area contributed by atoms with E-state index in [2.05, 4.69) is 39.1 Å². The molecular formula is C15H18BrNO2. The van der Waals surface area contributed by atoms with Gasteiger partial charge in [-0.2, -0.15) is 0 Å². The van der Waals surface area contributed by atoms with Gasteiger partial charge in [-0.15, -0.1) is 0 Å². The third-order valence-corrected chi connectivity index (χ3v) is 4.21. The molecule has 3 nitrogen and oxygen atoms in total. The number of aryl methyl sites for hydroxylation is 1. The summed E-state index contributed by atoms with van der Waals surface area (Å²) < 4.78 is 5.77. The van der Waals surface area contributed by atoms with Crippen molar-refractivity contribution in [3.63, 3.8) is 0 Å². The minimum Gasteiger partial charge on any atom is -0.396 e. The lowest BCUT2D eigenvalue weighted by Gasteiger charge is -2.22. The Hall–Kier alpha value is -0.840. The van der Waals surface area contributed by atoms with Crippen LogP contribution in [0.15, 0.2) is 18.2 Å². The fraction of sp³-hybridized carbons (Fsp3) is 0.467. The molecule has 3 rings (SSSR count). The lowest BCUT2D eigenvalue weighted by Crippen LogP contribution is -2.16. The van der Waals surface area contributed by atoms with E-state index in [9.17, 15) is 0 Å². The lowest BCUT2D eigenvalue weighted by atomic mass is 10.00. The molecule has 1 aromatic carbocycles. The van der Waals surface area contributed by atoms with Crippen molar-refractivity contribution in [3.05, 3.63) is 35.0 Å². The molecule has 4 heteroatoms. The normalized spacial score (nSPS) is 18.7. The van der Waals surface area contributed by atoms with Crippen LogP contribution >= 0.6 is 15.9 Å². The lowest BCUT2D eigenvalue weighted by molar-refractivity contribution is 0.0232. The highest BCUT2D eigenvalue weighted by Crippen LogP contribution is 2.35. The Morgan fingerprint density at radius 2 is 2.32 bits per heavy atom. The maximum absolute atomic E-state index is 9.16. The number of nitrogens with one attached hydrogen (secondary N) is 1. The highest BCUT2D eigenvalue weighted by Gasteiger charge is 2.25. The highest BCUT2D eigenvalue weighted by molar-refractivity contribution is 9.09. The molecule has 19 heavy (non-hydrogen) atoms. The molecule has 0 bridgehead atoms. The van der Waals surface area contributed by atoms with Gasteiger partial charge in [0.05, 0.1) is 12.7 Å². The number of benzene rings is 1. The van der Waals surface area contributed by atoms with E-state index in [0.29, 0.717) is 6.42 Å². The smallest absolute Gasteiger partial charge is 0.0997 e. The molecule has 1 aromatic heterocycles. The molecule has 2 heterocycles. The fourth-order valence-corrected chi connectivity index (χ4v) is 3.37. The molecule has 0 amide bonds. The topological polar surface area (TPSA) is 45.2 Å². The van der Waals surface area contributed by atoms with Crippen LogP contribution in [-0.2, 0) is 17.6 Å². The van der Waals surface area contributed by atoms with Crippen LogP contribution in [0.25, 0.3) is 10.9 Å². The summed E-state index contributed by atoms with van der Waals surface area (Å²) >= 11 is 3.51. The highest BCUT2D eigenvalue weighted by atomic mass is 79.9. The first kappa shape index (κ1) is 13.2. The number of alkyl halides is 1. The number of para-hydroxylation sites is 1. The van der Waals surface area contributed by atoms with Crippen molar-refractivity contribution in [2.45, 2.75) is 25.4 Å². The summed E-state index contributed by atoms with van der Waals surface area (Å²) in [7, 11) is 0. The second-order valence-electron chi connectivity index (χ2n) is 4.92. The van der Waals surface area contributed by atoms with Crippen molar-refractivity contribution in [2.24, 2.45) is 0 Å². The van der Waals surface area contributed by atoms with Gasteiger partial charge in [-0.3, -0.25) is 0 Å². The van der Waals surface area contributed by atoms with Crippen molar-refractivity contribution in [3.8, 4) is 0 Å². The van der Waals surface area contributed by atoms with Gasteiger partial charge in [-0.05, 0) is 24.0 Å². The first-order chi connectivity index (χ1) is 9.35. The van der Waals surface area contributed by atoms with Gasteiger partial charge >= 0.3 is 0 Å². The first-order valence-corrected chi connectivity index (χ1v) is 7.88. The average Bonchev–Trinajstić information content (AvgIpc) is 2.81. The molecule has 1 unspecified atom stereocenters. The molecule has 2 aromatic rings. The number of aliphatic hydroxyl groups excluding tert-OH is 1. The molecular weight excluding hydrogens is 306 g/mol. The summed E-state index contributed by atoms with van der Waals surface area (Å²) in [6, 6.07) is 6.49. The van der Waals surface area contributed by atoms with E-state index in [1.54, 1.807) is 0 Å². The van der Waals surface area contributed by atoms with E-state index < -0.39 is 0 Å². The molecule has 102 valence electrons. The molecule has 0 aliphatic carbocycles. The monoisotopic (exact) mass is 323 g/mol. The minimum atomic E-state index is 0.0120. The van der Waals surface area contributed by atoms with Crippen LogP contribution < -0.4 is 0 Å². The number of aliphatic hydroxyl groups is 1. The van der Waals surface area contributed by atoms with Crippen LogP contribution in [0.5, 0.6) is 0 Å². The Labute approximate surface area is 121 Å².